The van der Waals surface area contributed by atoms with Crippen LogP contribution in [0.1, 0.15) is 36.4 Å². The number of ether oxygens (including phenoxy) is 2. The van der Waals surface area contributed by atoms with Crippen molar-refractivity contribution in [2.45, 2.75) is 37.8 Å². The molecule has 1 aliphatic rings. The van der Waals surface area contributed by atoms with Gasteiger partial charge in [-0.05, 0) is 39.3 Å². The lowest BCUT2D eigenvalue weighted by Crippen LogP contribution is -2.49. The molecule has 1 aliphatic carbocycles. The van der Waals surface area contributed by atoms with Crippen LogP contribution in [-0.4, -0.2) is 26.9 Å². The number of rotatable bonds is 5. The van der Waals surface area contributed by atoms with E-state index in [9.17, 15) is 0 Å². The van der Waals surface area contributed by atoms with Gasteiger partial charge in [-0.3, -0.25) is 0 Å². The van der Waals surface area contributed by atoms with Crippen LogP contribution in [0.15, 0.2) is 18.2 Å². The molecule has 1 saturated carbocycles. The Kier molecular flexibility index (Phi) is 3.93. The summed E-state index contributed by atoms with van der Waals surface area (Å²) in [6.07, 6.45) is 3.44. The average Bonchev–Trinajstić information content (AvgIpc) is 2.33. The molecule has 18 heavy (non-hydrogen) atoms. The third kappa shape index (κ3) is 2.13. The van der Waals surface area contributed by atoms with Gasteiger partial charge < -0.3 is 14.8 Å². The van der Waals surface area contributed by atoms with Crippen molar-refractivity contribution < 1.29 is 9.47 Å². The fraction of sp³-hybridized carbons (Fsp3) is 0.600. The Labute approximate surface area is 109 Å². The highest BCUT2D eigenvalue weighted by molar-refractivity contribution is 5.41. The Morgan fingerprint density at radius 3 is 2.44 bits per heavy atom. The summed E-state index contributed by atoms with van der Waals surface area (Å²) < 4.78 is 11.3. The number of aryl methyl sites for hydroxylation is 1. The van der Waals surface area contributed by atoms with Crippen LogP contribution in [0.3, 0.4) is 0 Å². The molecule has 1 N–H and O–H groups in total. The zero-order valence-corrected chi connectivity index (χ0v) is 11.7. The van der Waals surface area contributed by atoms with Crippen molar-refractivity contribution in [1.29, 1.82) is 0 Å². The van der Waals surface area contributed by atoms with Gasteiger partial charge in [0.25, 0.3) is 0 Å². The van der Waals surface area contributed by atoms with E-state index >= 15 is 0 Å². The van der Waals surface area contributed by atoms with Crippen LogP contribution < -0.4 is 10.1 Å². The van der Waals surface area contributed by atoms with Crippen molar-refractivity contribution in [2.75, 3.05) is 21.3 Å². The Balaban J connectivity index is 2.40. The molecule has 1 aromatic carbocycles. The van der Waals surface area contributed by atoms with Gasteiger partial charge >= 0.3 is 0 Å². The molecule has 0 radical (unpaired) electrons. The van der Waals surface area contributed by atoms with Gasteiger partial charge in [-0.25, -0.2) is 0 Å². The lowest BCUT2D eigenvalue weighted by atomic mass is 9.72. The van der Waals surface area contributed by atoms with Crippen LogP contribution in [0.2, 0.25) is 0 Å². The van der Waals surface area contributed by atoms with Crippen LogP contribution in [-0.2, 0) is 4.74 Å². The zero-order chi connectivity index (χ0) is 13.2. The SMILES string of the molecule is CNC(c1cc(C)ccc1OC)C1(OC)CCC1. The molecule has 0 bridgehead atoms. The number of hydrogen-bond donors (Lipinski definition) is 1. The molecule has 1 aromatic rings. The predicted octanol–water partition coefficient (Wildman–Crippen LogP) is 2.83. The van der Waals surface area contributed by atoms with E-state index in [-0.39, 0.29) is 11.6 Å². The summed E-state index contributed by atoms with van der Waals surface area (Å²) in [5.74, 6) is 0.934. The first-order valence-electron chi connectivity index (χ1n) is 6.54. The molecule has 3 nitrogen and oxygen atoms in total. The van der Waals surface area contributed by atoms with Crippen molar-refractivity contribution in [3.8, 4) is 5.75 Å². The number of benzene rings is 1. The van der Waals surface area contributed by atoms with E-state index in [1.165, 1.54) is 17.5 Å². The highest BCUT2D eigenvalue weighted by Crippen LogP contribution is 2.46. The van der Waals surface area contributed by atoms with Gasteiger partial charge in [-0.1, -0.05) is 17.7 Å². The van der Waals surface area contributed by atoms with Crippen molar-refractivity contribution in [3.05, 3.63) is 29.3 Å². The van der Waals surface area contributed by atoms with E-state index < -0.39 is 0 Å². The monoisotopic (exact) mass is 249 g/mol. The van der Waals surface area contributed by atoms with Crippen molar-refractivity contribution in [3.63, 3.8) is 0 Å². The fourth-order valence-electron chi connectivity index (χ4n) is 2.92. The summed E-state index contributed by atoms with van der Waals surface area (Å²) in [7, 11) is 5.53. The lowest BCUT2D eigenvalue weighted by molar-refractivity contribution is -0.0986. The molecule has 1 atom stereocenters. The van der Waals surface area contributed by atoms with Gasteiger partial charge in [0.1, 0.15) is 5.75 Å². The first-order valence-corrected chi connectivity index (χ1v) is 6.54. The van der Waals surface area contributed by atoms with E-state index in [4.69, 9.17) is 9.47 Å². The largest absolute Gasteiger partial charge is 0.496 e. The summed E-state index contributed by atoms with van der Waals surface area (Å²) in [6.45, 7) is 2.11. The smallest absolute Gasteiger partial charge is 0.123 e. The molecular weight excluding hydrogens is 226 g/mol. The minimum absolute atomic E-state index is 0.0736. The predicted molar refractivity (Wildman–Crippen MR) is 73.1 cm³/mol. The summed E-state index contributed by atoms with van der Waals surface area (Å²) in [5.41, 5.74) is 2.37. The van der Waals surface area contributed by atoms with Crippen LogP contribution >= 0.6 is 0 Å². The topological polar surface area (TPSA) is 30.5 Å². The molecule has 0 aliphatic heterocycles. The average molecular weight is 249 g/mol. The molecule has 0 spiro atoms. The number of nitrogens with one attached hydrogen (secondary N) is 1. The summed E-state index contributed by atoms with van der Waals surface area (Å²) >= 11 is 0. The maximum Gasteiger partial charge on any atom is 0.123 e. The minimum Gasteiger partial charge on any atom is -0.496 e. The van der Waals surface area contributed by atoms with Crippen LogP contribution in [0.25, 0.3) is 0 Å². The van der Waals surface area contributed by atoms with Gasteiger partial charge in [0.05, 0.1) is 18.8 Å². The molecule has 1 fully saturated rings. The maximum absolute atomic E-state index is 5.80. The first-order chi connectivity index (χ1) is 8.66. The van der Waals surface area contributed by atoms with Crippen LogP contribution in [0.4, 0.5) is 0 Å². The summed E-state index contributed by atoms with van der Waals surface area (Å²) in [5, 5.41) is 3.41. The van der Waals surface area contributed by atoms with Crippen LogP contribution in [0.5, 0.6) is 5.75 Å². The van der Waals surface area contributed by atoms with E-state index in [0.717, 1.165) is 18.6 Å². The summed E-state index contributed by atoms with van der Waals surface area (Å²) in [4.78, 5) is 0. The van der Waals surface area contributed by atoms with Gasteiger partial charge in [0, 0.05) is 12.7 Å². The second-order valence-corrected chi connectivity index (χ2v) is 5.09. The third-order valence-corrected chi connectivity index (χ3v) is 4.12. The van der Waals surface area contributed by atoms with E-state index in [1.54, 1.807) is 7.11 Å². The van der Waals surface area contributed by atoms with Gasteiger partial charge in [-0.2, -0.15) is 0 Å². The van der Waals surface area contributed by atoms with Gasteiger partial charge in [-0.15, -0.1) is 0 Å². The Morgan fingerprint density at radius 1 is 1.28 bits per heavy atom. The van der Waals surface area contributed by atoms with Crippen molar-refractivity contribution >= 4 is 0 Å². The van der Waals surface area contributed by atoms with E-state index in [2.05, 4.69) is 24.4 Å². The Hall–Kier alpha value is -1.06. The molecule has 0 saturated heterocycles. The van der Waals surface area contributed by atoms with Crippen molar-refractivity contribution in [2.24, 2.45) is 0 Å². The normalized spacial score (nSPS) is 19.1. The highest BCUT2D eigenvalue weighted by atomic mass is 16.5. The summed E-state index contributed by atoms with van der Waals surface area (Å²) in [6, 6.07) is 6.50. The molecular formula is C15H23NO2. The van der Waals surface area contributed by atoms with Gasteiger partial charge in [0.2, 0.25) is 0 Å². The molecule has 2 rings (SSSR count). The first kappa shape index (κ1) is 13.4. The Bertz CT molecular complexity index is 407. The van der Waals surface area contributed by atoms with E-state index in [1.807, 2.05) is 20.2 Å². The number of methoxy groups -OCH3 is 2. The second-order valence-electron chi connectivity index (χ2n) is 5.09. The quantitative estimate of drug-likeness (QED) is 0.870. The molecule has 100 valence electrons. The van der Waals surface area contributed by atoms with Crippen LogP contribution in [0, 0.1) is 6.92 Å². The van der Waals surface area contributed by atoms with Crippen molar-refractivity contribution in [1.82, 2.24) is 5.32 Å². The zero-order valence-electron chi connectivity index (χ0n) is 11.7. The molecule has 0 heterocycles. The van der Waals surface area contributed by atoms with Gasteiger partial charge in [0.15, 0.2) is 0 Å². The highest BCUT2D eigenvalue weighted by Gasteiger charge is 2.45. The Morgan fingerprint density at radius 2 is 2.00 bits per heavy atom. The maximum atomic E-state index is 5.80. The molecule has 0 aromatic heterocycles. The molecule has 3 heteroatoms. The molecule has 0 amide bonds. The molecule has 1 unspecified atom stereocenters. The lowest BCUT2D eigenvalue weighted by Gasteiger charge is -2.46. The minimum atomic E-state index is -0.0736. The standard InChI is InChI=1S/C15H23NO2/c1-11-6-7-13(17-3)12(10-11)14(16-2)15(18-4)8-5-9-15/h6-7,10,14,16H,5,8-9H2,1-4H3. The number of hydrogen-bond acceptors (Lipinski definition) is 3. The fourth-order valence-corrected chi connectivity index (χ4v) is 2.92. The second kappa shape index (κ2) is 5.29. The van der Waals surface area contributed by atoms with E-state index in [0.29, 0.717) is 0 Å². The third-order valence-electron chi connectivity index (χ3n) is 4.12. The number of likely N-dealkylation sites (N-methyl/N-ethyl adjacent to an activating group) is 1.